The molecule has 0 bridgehead atoms. The Balaban J connectivity index is 1.72. The first kappa shape index (κ1) is 19.4. The number of ether oxygens (including phenoxy) is 1. The van der Waals surface area contributed by atoms with Crippen LogP contribution in [0.1, 0.15) is 47.2 Å². The maximum atomic E-state index is 12.6. The summed E-state index contributed by atoms with van der Waals surface area (Å²) >= 11 is 0. The standard InChI is InChI=1S/C22H23N3O3/c1-15-19(14-25(24-15)18-8-6-5-7-9-18)23-20(26)16-10-12-17(13-11-16)21(27)28-22(2,3)4/h5-14H,1-4H3,(H,23,26). The second-order valence-electron chi connectivity index (χ2n) is 7.44. The second kappa shape index (κ2) is 7.68. The summed E-state index contributed by atoms with van der Waals surface area (Å²) in [5.41, 5.74) is 2.53. The van der Waals surface area contributed by atoms with Gasteiger partial charge in [-0.15, -0.1) is 0 Å². The van der Waals surface area contributed by atoms with Crippen LogP contribution in [-0.4, -0.2) is 27.3 Å². The van der Waals surface area contributed by atoms with Gasteiger partial charge < -0.3 is 10.1 Å². The Kier molecular flexibility index (Phi) is 5.31. The zero-order valence-corrected chi connectivity index (χ0v) is 16.4. The molecule has 1 heterocycles. The van der Waals surface area contributed by atoms with E-state index in [1.54, 1.807) is 35.1 Å². The molecule has 0 aliphatic rings. The van der Waals surface area contributed by atoms with Gasteiger partial charge in [-0.2, -0.15) is 5.10 Å². The van der Waals surface area contributed by atoms with Crippen molar-refractivity contribution in [2.24, 2.45) is 0 Å². The summed E-state index contributed by atoms with van der Waals surface area (Å²) in [6.45, 7) is 7.26. The minimum absolute atomic E-state index is 0.272. The molecule has 0 atom stereocenters. The lowest BCUT2D eigenvalue weighted by molar-refractivity contribution is 0.00693. The van der Waals surface area contributed by atoms with Crippen LogP contribution in [0.25, 0.3) is 5.69 Å². The van der Waals surface area contributed by atoms with E-state index in [9.17, 15) is 9.59 Å². The van der Waals surface area contributed by atoms with Gasteiger partial charge in [0.15, 0.2) is 0 Å². The summed E-state index contributed by atoms with van der Waals surface area (Å²) < 4.78 is 7.05. The van der Waals surface area contributed by atoms with E-state index in [4.69, 9.17) is 4.74 Å². The summed E-state index contributed by atoms with van der Waals surface area (Å²) in [6.07, 6.45) is 1.78. The van der Waals surface area contributed by atoms with E-state index < -0.39 is 11.6 Å². The number of carbonyl (C=O) groups is 2. The first-order valence-corrected chi connectivity index (χ1v) is 8.99. The van der Waals surface area contributed by atoms with Crippen LogP contribution in [-0.2, 0) is 4.74 Å². The summed E-state index contributed by atoms with van der Waals surface area (Å²) in [4.78, 5) is 24.6. The number of esters is 1. The molecule has 0 saturated heterocycles. The average molecular weight is 377 g/mol. The van der Waals surface area contributed by atoms with Gasteiger partial charge in [0.25, 0.3) is 5.91 Å². The van der Waals surface area contributed by atoms with Crippen LogP contribution in [0.4, 0.5) is 5.69 Å². The van der Waals surface area contributed by atoms with Crippen molar-refractivity contribution in [2.45, 2.75) is 33.3 Å². The van der Waals surface area contributed by atoms with Gasteiger partial charge in [-0.25, -0.2) is 9.48 Å². The minimum Gasteiger partial charge on any atom is -0.456 e. The van der Waals surface area contributed by atoms with Gasteiger partial charge in [0.1, 0.15) is 5.60 Å². The smallest absolute Gasteiger partial charge is 0.338 e. The zero-order valence-electron chi connectivity index (χ0n) is 16.4. The average Bonchev–Trinajstić information content (AvgIpc) is 3.02. The van der Waals surface area contributed by atoms with Crippen LogP contribution < -0.4 is 5.32 Å². The van der Waals surface area contributed by atoms with Gasteiger partial charge in [0.2, 0.25) is 0 Å². The topological polar surface area (TPSA) is 73.2 Å². The van der Waals surface area contributed by atoms with Crippen LogP contribution in [0.3, 0.4) is 0 Å². The molecule has 0 fully saturated rings. The zero-order chi connectivity index (χ0) is 20.3. The molecule has 0 aliphatic heterocycles. The predicted octanol–water partition coefficient (Wildman–Crippen LogP) is 4.39. The summed E-state index contributed by atoms with van der Waals surface area (Å²) in [5, 5.41) is 7.30. The van der Waals surface area contributed by atoms with E-state index in [1.165, 1.54) is 0 Å². The molecule has 0 unspecified atom stereocenters. The van der Waals surface area contributed by atoms with E-state index in [0.717, 1.165) is 5.69 Å². The fourth-order valence-corrected chi connectivity index (χ4v) is 2.58. The number of hydrogen-bond acceptors (Lipinski definition) is 4. The first-order valence-electron chi connectivity index (χ1n) is 8.99. The predicted molar refractivity (Wildman–Crippen MR) is 108 cm³/mol. The molecule has 0 saturated carbocycles. The van der Waals surface area contributed by atoms with Crippen molar-refractivity contribution in [3.63, 3.8) is 0 Å². The number of anilines is 1. The third-order valence-corrected chi connectivity index (χ3v) is 3.95. The number of para-hydroxylation sites is 1. The lowest BCUT2D eigenvalue weighted by Crippen LogP contribution is -2.24. The monoisotopic (exact) mass is 377 g/mol. The van der Waals surface area contributed by atoms with Crippen molar-refractivity contribution in [3.8, 4) is 5.69 Å². The third-order valence-electron chi connectivity index (χ3n) is 3.95. The Bertz CT molecular complexity index is 984. The molecule has 6 heteroatoms. The number of rotatable bonds is 4. The van der Waals surface area contributed by atoms with Crippen molar-refractivity contribution in [3.05, 3.63) is 77.6 Å². The van der Waals surface area contributed by atoms with Gasteiger partial charge >= 0.3 is 5.97 Å². The molecule has 0 radical (unpaired) electrons. The summed E-state index contributed by atoms with van der Waals surface area (Å²) in [5.74, 6) is -0.689. The quantitative estimate of drug-likeness (QED) is 0.685. The Hall–Kier alpha value is -3.41. The molecule has 2 aromatic carbocycles. The van der Waals surface area contributed by atoms with E-state index in [1.807, 2.05) is 58.0 Å². The lowest BCUT2D eigenvalue weighted by atomic mass is 10.1. The van der Waals surface area contributed by atoms with Crippen LogP contribution in [0.5, 0.6) is 0 Å². The molecule has 1 N–H and O–H groups in total. The molecule has 3 aromatic rings. The highest BCUT2D eigenvalue weighted by Gasteiger charge is 2.18. The van der Waals surface area contributed by atoms with Gasteiger partial charge in [-0.3, -0.25) is 4.79 Å². The van der Waals surface area contributed by atoms with E-state index >= 15 is 0 Å². The minimum atomic E-state index is -0.566. The summed E-state index contributed by atoms with van der Waals surface area (Å²) in [7, 11) is 0. The van der Waals surface area contributed by atoms with Crippen LogP contribution in [0.15, 0.2) is 60.8 Å². The second-order valence-corrected chi connectivity index (χ2v) is 7.44. The van der Waals surface area contributed by atoms with Crippen LogP contribution in [0, 0.1) is 6.92 Å². The van der Waals surface area contributed by atoms with Gasteiger partial charge in [-0.05, 0) is 64.1 Å². The van der Waals surface area contributed by atoms with Gasteiger partial charge in [0, 0.05) is 5.56 Å². The number of aryl methyl sites for hydroxylation is 1. The highest BCUT2D eigenvalue weighted by Crippen LogP contribution is 2.18. The molecular formula is C22H23N3O3. The largest absolute Gasteiger partial charge is 0.456 e. The number of aromatic nitrogens is 2. The fraction of sp³-hybridized carbons (Fsp3) is 0.227. The Morgan fingerprint density at radius 2 is 1.57 bits per heavy atom. The van der Waals surface area contributed by atoms with Crippen molar-refractivity contribution < 1.29 is 14.3 Å². The van der Waals surface area contributed by atoms with Gasteiger partial charge in [0.05, 0.1) is 28.8 Å². The lowest BCUT2D eigenvalue weighted by Gasteiger charge is -2.19. The van der Waals surface area contributed by atoms with Crippen molar-refractivity contribution in [2.75, 3.05) is 5.32 Å². The maximum absolute atomic E-state index is 12.6. The van der Waals surface area contributed by atoms with E-state index in [0.29, 0.717) is 22.5 Å². The molecule has 3 rings (SSSR count). The molecule has 0 spiro atoms. The maximum Gasteiger partial charge on any atom is 0.338 e. The number of carbonyl (C=O) groups excluding carboxylic acids is 2. The molecule has 6 nitrogen and oxygen atoms in total. The number of hydrogen-bond donors (Lipinski definition) is 1. The van der Waals surface area contributed by atoms with Crippen molar-refractivity contribution >= 4 is 17.6 Å². The first-order chi connectivity index (χ1) is 13.2. The molecule has 0 aliphatic carbocycles. The van der Waals surface area contributed by atoms with Crippen LogP contribution in [0.2, 0.25) is 0 Å². The Labute approximate surface area is 164 Å². The number of benzene rings is 2. The fourth-order valence-electron chi connectivity index (χ4n) is 2.58. The highest BCUT2D eigenvalue weighted by molar-refractivity contribution is 6.05. The Morgan fingerprint density at radius 1 is 0.964 bits per heavy atom. The highest BCUT2D eigenvalue weighted by atomic mass is 16.6. The van der Waals surface area contributed by atoms with Crippen molar-refractivity contribution in [1.82, 2.24) is 9.78 Å². The Morgan fingerprint density at radius 3 is 2.18 bits per heavy atom. The number of nitrogens with zero attached hydrogens (tertiary/aromatic N) is 2. The SMILES string of the molecule is Cc1nn(-c2ccccc2)cc1NC(=O)c1ccc(C(=O)OC(C)(C)C)cc1. The number of amides is 1. The molecule has 28 heavy (non-hydrogen) atoms. The van der Waals surface area contributed by atoms with E-state index in [-0.39, 0.29) is 5.91 Å². The summed E-state index contributed by atoms with van der Waals surface area (Å²) in [6, 6.07) is 16.0. The van der Waals surface area contributed by atoms with E-state index in [2.05, 4.69) is 10.4 Å². The molecule has 144 valence electrons. The number of nitrogens with one attached hydrogen (secondary N) is 1. The molecule has 1 amide bonds. The van der Waals surface area contributed by atoms with Gasteiger partial charge in [-0.1, -0.05) is 18.2 Å². The van der Waals surface area contributed by atoms with Crippen LogP contribution >= 0.6 is 0 Å². The molecule has 1 aromatic heterocycles. The third kappa shape index (κ3) is 4.65. The van der Waals surface area contributed by atoms with Crippen molar-refractivity contribution in [1.29, 1.82) is 0 Å². The normalized spacial score (nSPS) is 11.1. The molecular weight excluding hydrogens is 354 g/mol.